The molecular formula is C10H9Cl2NO. The van der Waals surface area contributed by atoms with Crippen LogP contribution in [0.25, 0.3) is 0 Å². The van der Waals surface area contributed by atoms with Gasteiger partial charge in [0.2, 0.25) is 0 Å². The molecule has 74 valence electrons. The maximum Gasteiger partial charge on any atom is 0.163 e. The van der Waals surface area contributed by atoms with Crippen LogP contribution in [0.5, 0.6) is 0 Å². The van der Waals surface area contributed by atoms with Crippen LogP contribution in [0.15, 0.2) is 6.07 Å². The van der Waals surface area contributed by atoms with Crippen LogP contribution in [-0.2, 0) is 6.42 Å². The Kier molecular flexibility index (Phi) is 2.41. The Morgan fingerprint density at radius 2 is 2.00 bits per heavy atom. The molecule has 14 heavy (non-hydrogen) atoms. The van der Waals surface area contributed by atoms with Gasteiger partial charge < -0.3 is 5.73 Å². The van der Waals surface area contributed by atoms with E-state index < -0.39 is 0 Å². The molecule has 0 fully saturated rings. The molecule has 0 spiro atoms. The topological polar surface area (TPSA) is 43.1 Å². The van der Waals surface area contributed by atoms with Gasteiger partial charge >= 0.3 is 0 Å². The van der Waals surface area contributed by atoms with Gasteiger partial charge in [0.05, 0.1) is 15.7 Å². The smallest absolute Gasteiger partial charge is 0.163 e. The lowest BCUT2D eigenvalue weighted by molar-refractivity contribution is 0.0972. The molecule has 0 aliphatic heterocycles. The number of hydrogen-bond acceptors (Lipinski definition) is 2. The van der Waals surface area contributed by atoms with E-state index in [0.717, 1.165) is 18.4 Å². The van der Waals surface area contributed by atoms with E-state index in [1.807, 2.05) is 0 Å². The molecule has 0 radical (unpaired) electrons. The van der Waals surface area contributed by atoms with Gasteiger partial charge in [0, 0.05) is 12.0 Å². The second kappa shape index (κ2) is 3.44. The van der Waals surface area contributed by atoms with Crippen LogP contribution in [0.2, 0.25) is 10.0 Å². The number of nitrogens with two attached hydrogens (primary N) is 1. The molecular weight excluding hydrogens is 221 g/mol. The van der Waals surface area contributed by atoms with Crippen LogP contribution in [0.4, 0.5) is 5.69 Å². The summed E-state index contributed by atoms with van der Waals surface area (Å²) in [5.41, 5.74) is 7.54. The first-order chi connectivity index (χ1) is 6.61. The number of fused-ring (bicyclic) bond motifs is 1. The zero-order valence-corrected chi connectivity index (χ0v) is 8.95. The first kappa shape index (κ1) is 9.81. The molecule has 2 N–H and O–H groups in total. The molecule has 1 aliphatic carbocycles. The van der Waals surface area contributed by atoms with Gasteiger partial charge in [0.1, 0.15) is 0 Å². The monoisotopic (exact) mass is 229 g/mol. The zero-order valence-electron chi connectivity index (χ0n) is 7.44. The van der Waals surface area contributed by atoms with Crippen molar-refractivity contribution in [3.05, 3.63) is 27.2 Å². The van der Waals surface area contributed by atoms with Crippen molar-refractivity contribution in [1.29, 1.82) is 0 Å². The number of ketones is 1. The van der Waals surface area contributed by atoms with Crippen molar-refractivity contribution in [2.24, 2.45) is 0 Å². The Morgan fingerprint density at radius 3 is 2.71 bits per heavy atom. The minimum absolute atomic E-state index is 0.107. The Bertz CT molecular complexity index is 415. The highest BCUT2D eigenvalue weighted by Crippen LogP contribution is 2.36. The normalized spacial score (nSPS) is 15.4. The molecule has 1 aromatic rings. The van der Waals surface area contributed by atoms with E-state index in [2.05, 4.69) is 0 Å². The molecule has 1 aromatic carbocycles. The molecule has 0 saturated carbocycles. The van der Waals surface area contributed by atoms with Gasteiger partial charge in [-0.15, -0.1) is 0 Å². The van der Waals surface area contributed by atoms with Gasteiger partial charge in [-0.1, -0.05) is 23.2 Å². The largest absolute Gasteiger partial charge is 0.396 e. The number of hydrogen-bond donors (Lipinski definition) is 1. The lowest BCUT2D eigenvalue weighted by atomic mass is 9.90. The summed E-state index contributed by atoms with van der Waals surface area (Å²) < 4.78 is 0. The average Bonchev–Trinajstić information content (AvgIpc) is 2.17. The summed E-state index contributed by atoms with van der Waals surface area (Å²) in [6, 6.07) is 1.62. The van der Waals surface area contributed by atoms with Crippen LogP contribution >= 0.6 is 23.2 Å². The molecule has 2 nitrogen and oxygen atoms in total. The van der Waals surface area contributed by atoms with Crippen molar-refractivity contribution < 1.29 is 4.79 Å². The minimum Gasteiger partial charge on any atom is -0.396 e. The molecule has 0 atom stereocenters. The molecule has 0 amide bonds. The molecule has 0 unspecified atom stereocenters. The van der Waals surface area contributed by atoms with E-state index in [1.54, 1.807) is 6.07 Å². The van der Waals surface area contributed by atoms with Crippen molar-refractivity contribution in [3.8, 4) is 0 Å². The predicted octanol–water partition coefficient (Wildman–Crippen LogP) is 3.09. The van der Waals surface area contributed by atoms with E-state index in [1.165, 1.54) is 0 Å². The fourth-order valence-electron chi connectivity index (χ4n) is 1.73. The van der Waals surface area contributed by atoms with Crippen LogP contribution in [-0.4, -0.2) is 5.78 Å². The van der Waals surface area contributed by atoms with E-state index in [0.29, 0.717) is 27.7 Å². The van der Waals surface area contributed by atoms with E-state index in [4.69, 9.17) is 28.9 Å². The first-order valence-corrected chi connectivity index (χ1v) is 5.16. The quantitative estimate of drug-likeness (QED) is 0.696. The second-order valence-electron chi connectivity index (χ2n) is 3.39. The summed E-state index contributed by atoms with van der Waals surface area (Å²) in [6.45, 7) is 0. The van der Waals surface area contributed by atoms with E-state index >= 15 is 0 Å². The van der Waals surface area contributed by atoms with Crippen molar-refractivity contribution >= 4 is 34.7 Å². The van der Waals surface area contributed by atoms with Gasteiger partial charge in [0.15, 0.2) is 5.78 Å². The summed E-state index contributed by atoms with van der Waals surface area (Å²) in [6.07, 6.45) is 2.22. The maximum absolute atomic E-state index is 11.5. The minimum atomic E-state index is 0.107. The number of carbonyl (C=O) groups excluding carboxylic acids is 1. The van der Waals surface area contributed by atoms with Crippen LogP contribution < -0.4 is 5.73 Å². The SMILES string of the molecule is Nc1c(Cl)cc2c(c1Cl)CCCC2=O. The molecule has 1 aliphatic rings. The van der Waals surface area contributed by atoms with Gasteiger partial charge in [0.25, 0.3) is 0 Å². The third-order valence-electron chi connectivity index (χ3n) is 2.49. The van der Waals surface area contributed by atoms with E-state index in [-0.39, 0.29) is 5.78 Å². The number of carbonyl (C=O) groups is 1. The number of rotatable bonds is 0. The van der Waals surface area contributed by atoms with Crippen molar-refractivity contribution in [2.45, 2.75) is 19.3 Å². The number of Topliss-reactive ketones (excluding diaryl/α,β-unsaturated/α-hetero) is 1. The van der Waals surface area contributed by atoms with Crippen molar-refractivity contribution in [3.63, 3.8) is 0 Å². The standard InChI is InChI=1S/C10H9Cl2NO/c11-7-4-6-5(9(12)10(7)13)2-1-3-8(6)14/h4H,1-3,13H2. The van der Waals surface area contributed by atoms with Gasteiger partial charge in [-0.25, -0.2) is 0 Å². The third-order valence-corrected chi connectivity index (χ3v) is 3.23. The van der Waals surface area contributed by atoms with Crippen LogP contribution in [0.3, 0.4) is 0 Å². The van der Waals surface area contributed by atoms with Gasteiger partial charge in [-0.2, -0.15) is 0 Å². The Morgan fingerprint density at radius 1 is 1.29 bits per heavy atom. The van der Waals surface area contributed by atoms with Crippen molar-refractivity contribution in [1.82, 2.24) is 0 Å². The number of halogens is 2. The summed E-state index contributed by atoms with van der Waals surface area (Å²) in [4.78, 5) is 11.5. The van der Waals surface area contributed by atoms with Gasteiger partial charge in [-0.3, -0.25) is 4.79 Å². The zero-order chi connectivity index (χ0) is 10.3. The highest BCUT2D eigenvalue weighted by molar-refractivity contribution is 6.40. The number of anilines is 1. The Labute approximate surface area is 92.0 Å². The first-order valence-electron chi connectivity index (χ1n) is 4.41. The Balaban J connectivity index is 2.69. The molecule has 0 bridgehead atoms. The average molecular weight is 230 g/mol. The lowest BCUT2D eigenvalue weighted by Gasteiger charge is -2.17. The highest BCUT2D eigenvalue weighted by Gasteiger charge is 2.22. The second-order valence-corrected chi connectivity index (χ2v) is 4.17. The predicted molar refractivity (Wildman–Crippen MR) is 58.1 cm³/mol. The van der Waals surface area contributed by atoms with Gasteiger partial charge in [-0.05, 0) is 24.5 Å². The lowest BCUT2D eigenvalue weighted by Crippen LogP contribution is -2.12. The van der Waals surface area contributed by atoms with Crippen LogP contribution in [0, 0.1) is 0 Å². The van der Waals surface area contributed by atoms with Crippen LogP contribution in [0.1, 0.15) is 28.8 Å². The summed E-state index contributed by atoms with van der Waals surface area (Å²) in [5.74, 6) is 0.107. The summed E-state index contributed by atoms with van der Waals surface area (Å²) in [5, 5.41) is 0.810. The number of nitrogen functional groups attached to an aromatic ring is 1. The van der Waals surface area contributed by atoms with E-state index in [9.17, 15) is 4.79 Å². The number of benzene rings is 1. The fraction of sp³-hybridized carbons (Fsp3) is 0.300. The molecule has 0 heterocycles. The third kappa shape index (κ3) is 1.39. The van der Waals surface area contributed by atoms with Crippen molar-refractivity contribution in [2.75, 3.05) is 5.73 Å². The molecule has 0 saturated heterocycles. The molecule has 0 aromatic heterocycles. The highest BCUT2D eigenvalue weighted by atomic mass is 35.5. The molecule has 4 heteroatoms. The maximum atomic E-state index is 11.5. The molecule has 2 rings (SSSR count). The fourth-order valence-corrected chi connectivity index (χ4v) is 2.28. The summed E-state index contributed by atoms with van der Waals surface area (Å²) in [7, 11) is 0. The Hall–Kier alpha value is -0.730. The summed E-state index contributed by atoms with van der Waals surface area (Å²) >= 11 is 11.9.